The van der Waals surface area contributed by atoms with Gasteiger partial charge in [-0.3, -0.25) is 4.79 Å². The number of halogens is 3. The van der Waals surface area contributed by atoms with Crippen LogP contribution in [0.5, 0.6) is 0 Å². The van der Waals surface area contributed by atoms with E-state index in [1.54, 1.807) is 18.2 Å². The van der Waals surface area contributed by atoms with Crippen molar-refractivity contribution >= 4 is 50.9 Å². The minimum atomic E-state index is -0.476. The van der Waals surface area contributed by atoms with Crippen LogP contribution in [0.15, 0.2) is 72.3 Å². The first-order valence-corrected chi connectivity index (χ1v) is 19.5. The number of nitrogens with zero attached hydrogens (tertiary/aromatic N) is 4. The number of rotatable bonds is 9. The number of benzene rings is 3. The van der Waals surface area contributed by atoms with Gasteiger partial charge in [-0.1, -0.05) is 71.7 Å². The molecule has 2 saturated heterocycles. The number of pyridine rings is 1. The van der Waals surface area contributed by atoms with Gasteiger partial charge < -0.3 is 19.5 Å². The first-order valence-electron chi connectivity index (χ1n) is 18.7. The monoisotopic (exact) mass is 745 g/mol. The molecule has 6 aliphatic rings. The predicted molar refractivity (Wildman–Crippen MR) is 204 cm³/mol. The third kappa shape index (κ3) is 5.19. The molecule has 11 rings (SSSR count). The lowest BCUT2D eigenvalue weighted by atomic mass is 9.79. The molecule has 7 nitrogen and oxygen atoms in total. The highest BCUT2D eigenvalue weighted by Gasteiger charge is 2.54. The Hall–Kier alpha value is -4.26. The maximum Gasteiger partial charge on any atom is 0.227 e. The number of hydrogen-bond donors (Lipinski definition) is 1. The normalized spacial score (nSPS) is 25.6. The van der Waals surface area contributed by atoms with Crippen LogP contribution in [0, 0.1) is 35.9 Å². The van der Waals surface area contributed by atoms with E-state index in [2.05, 4.69) is 45.1 Å². The third-order valence-corrected chi connectivity index (χ3v) is 13.2. The van der Waals surface area contributed by atoms with E-state index in [4.69, 9.17) is 32.9 Å². The van der Waals surface area contributed by atoms with Gasteiger partial charge in [0, 0.05) is 64.6 Å². The summed E-state index contributed by atoms with van der Waals surface area (Å²) < 4.78 is 26.4. The molecule has 4 fully saturated rings. The Kier molecular flexibility index (Phi) is 7.96. The maximum absolute atomic E-state index is 17.3. The number of aromatic nitrogens is 2. The minimum absolute atomic E-state index is 0.0393. The van der Waals surface area contributed by atoms with Gasteiger partial charge in [-0.05, 0) is 73.4 Å². The molecule has 1 N–H and O–H groups in total. The fraction of sp³-hybridized carbons (Fsp3) is 0.372. The molecule has 1 amide bonds. The fourth-order valence-electron chi connectivity index (χ4n) is 9.70. The van der Waals surface area contributed by atoms with Gasteiger partial charge in [0.1, 0.15) is 5.52 Å². The highest BCUT2D eigenvalue weighted by molar-refractivity contribution is 6.43. The largest absolute Gasteiger partial charge is 0.369 e. The molecule has 2 aromatic heterocycles. The molecule has 3 aliphatic heterocycles. The molecular formula is C43H38Cl2FN5O2. The molecule has 4 bridgehead atoms. The van der Waals surface area contributed by atoms with E-state index in [0.717, 1.165) is 60.0 Å². The zero-order valence-corrected chi connectivity index (χ0v) is 30.8. The fourth-order valence-corrected chi connectivity index (χ4v) is 10.1. The number of amides is 1. The first kappa shape index (κ1) is 33.3. The summed E-state index contributed by atoms with van der Waals surface area (Å²) in [7, 11) is 0. The van der Waals surface area contributed by atoms with Crippen molar-refractivity contribution in [2.24, 2.45) is 11.8 Å². The minimum Gasteiger partial charge on any atom is -0.369 e. The second-order valence-corrected chi connectivity index (χ2v) is 16.2. The number of nitriles is 1. The van der Waals surface area contributed by atoms with Crippen molar-refractivity contribution in [1.29, 1.82) is 5.26 Å². The third-order valence-electron chi connectivity index (χ3n) is 12.4. The highest BCUT2D eigenvalue weighted by Crippen LogP contribution is 2.55. The van der Waals surface area contributed by atoms with E-state index in [-0.39, 0.29) is 59.1 Å². The van der Waals surface area contributed by atoms with Crippen LogP contribution in [0.2, 0.25) is 10.0 Å². The molecule has 3 aromatic carbocycles. The lowest BCUT2D eigenvalue weighted by molar-refractivity contribution is -0.137. The second-order valence-electron chi connectivity index (χ2n) is 15.5. The average Bonchev–Trinajstić information content (AvgIpc) is 3.54. The summed E-state index contributed by atoms with van der Waals surface area (Å²) in [6, 6.07) is 22.0. The topological polar surface area (TPSA) is 83.2 Å². The van der Waals surface area contributed by atoms with Gasteiger partial charge in [0.25, 0.3) is 0 Å². The van der Waals surface area contributed by atoms with Gasteiger partial charge >= 0.3 is 0 Å². The van der Waals surface area contributed by atoms with E-state index < -0.39 is 5.82 Å². The summed E-state index contributed by atoms with van der Waals surface area (Å²) in [4.78, 5) is 21.3. The van der Waals surface area contributed by atoms with Gasteiger partial charge in [0.05, 0.1) is 52.5 Å². The summed E-state index contributed by atoms with van der Waals surface area (Å²) in [5.74, 6) is 0.213. The number of nitrogens with one attached hydrogen (secondary N) is 1. The number of carbonyl (C=O) groups excluding carboxylic acids is 1. The van der Waals surface area contributed by atoms with Crippen LogP contribution < -0.4 is 5.32 Å². The molecule has 0 spiro atoms. The Balaban J connectivity index is 1.19. The zero-order valence-electron chi connectivity index (χ0n) is 29.3. The van der Waals surface area contributed by atoms with Gasteiger partial charge in [-0.25, -0.2) is 9.37 Å². The molecule has 0 radical (unpaired) electrons. The summed E-state index contributed by atoms with van der Waals surface area (Å²) in [6.07, 6.45) is 6.38. The van der Waals surface area contributed by atoms with E-state index in [1.807, 2.05) is 31.2 Å². The van der Waals surface area contributed by atoms with Crippen molar-refractivity contribution in [2.45, 2.75) is 82.3 Å². The van der Waals surface area contributed by atoms with Crippen molar-refractivity contribution in [2.75, 3.05) is 6.54 Å². The Morgan fingerprint density at radius 3 is 2.66 bits per heavy atom. The number of fused-ring (bicyclic) bond motifs is 5. The van der Waals surface area contributed by atoms with Crippen LogP contribution in [-0.2, 0) is 22.6 Å². The van der Waals surface area contributed by atoms with Crippen molar-refractivity contribution in [1.82, 2.24) is 19.8 Å². The number of ether oxygens (including phenoxy) is 1. The van der Waals surface area contributed by atoms with E-state index in [0.29, 0.717) is 51.7 Å². The van der Waals surface area contributed by atoms with Crippen LogP contribution in [0.3, 0.4) is 0 Å². The number of piperidine rings is 1. The van der Waals surface area contributed by atoms with Crippen molar-refractivity contribution in [3.63, 3.8) is 0 Å². The average molecular weight is 747 g/mol. The van der Waals surface area contributed by atoms with Crippen LogP contribution in [0.25, 0.3) is 32.9 Å². The second kappa shape index (κ2) is 12.7. The summed E-state index contributed by atoms with van der Waals surface area (Å²) in [6.45, 7) is 3.35. The molecule has 268 valence electrons. The van der Waals surface area contributed by atoms with Gasteiger partial charge in [-0.2, -0.15) is 5.26 Å². The number of hydrogen-bond acceptors (Lipinski definition) is 5. The van der Waals surface area contributed by atoms with Crippen LogP contribution >= 0.6 is 23.2 Å². The molecule has 5 aromatic rings. The van der Waals surface area contributed by atoms with E-state index in [1.165, 1.54) is 0 Å². The number of likely N-dealkylation sites (tertiary alicyclic amines) is 1. The van der Waals surface area contributed by atoms with E-state index in [9.17, 15) is 10.1 Å². The molecule has 2 saturated carbocycles. The van der Waals surface area contributed by atoms with E-state index >= 15 is 4.39 Å². The molecule has 10 heteroatoms. The lowest BCUT2D eigenvalue weighted by Gasteiger charge is -2.43. The number of carbonyl (C=O) groups is 1. The first-order chi connectivity index (χ1) is 25.8. The van der Waals surface area contributed by atoms with Gasteiger partial charge in [-0.15, -0.1) is 0 Å². The zero-order chi connectivity index (χ0) is 36.1. The van der Waals surface area contributed by atoms with Crippen LogP contribution in [0.4, 0.5) is 4.39 Å². The van der Waals surface area contributed by atoms with Crippen LogP contribution in [-0.4, -0.2) is 45.1 Å². The quantitative estimate of drug-likeness (QED) is 0.152. The molecule has 0 unspecified atom stereocenters. The molecule has 5 heterocycles. The molecule has 6 atom stereocenters. The molecular weight excluding hydrogens is 708 g/mol. The standard InChI is InChI=1S/C43H38Cl2FN5O2/c1-22-29-19-34(42-30-17-27(50(42)43(52)24-12-13-24)18-35(30)53-21-23-7-3-2-4-8-23)51(40-26-16-33(40)48-20-26)41(29)31-15-25(9-6-14-47)36(38(46)39(31)49-22)28-10-5-11-32(44)37(28)45/h2-5,7-8,10-11,15,17,19,24,26-27,33,35,40,42,48H,6,9,12-13,16,18,20-21H2,1H3/t26-,27-,33-,35+,40+,42-/m1/s1. The summed E-state index contributed by atoms with van der Waals surface area (Å²) >= 11 is 13.2. The van der Waals surface area contributed by atoms with Gasteiger partial charge in [0.2, 0.25) is 5.91 Å². The Bertz CT molecular complexity index is 2400. The Labute approximate surface area is 317 Å². The lowest BCUT2D eigenvalue weighted by Crippen LogP contribution is -2.47. The van der Waals surface area contributed by atoms with Crippen LogP contribution in [0.1, 0.15) is 66.7 Å². The maximum atomic E-state index is 17.3. The highest BCUT2D eigenvalue weighted by atomic mass is 35.5. The smallest absolute Gasteiger partial charge is 0.227 e. The summed E-state index contributed by atoms with van der Waals surface area (Å²) in [5.41, 5.74) is 6.68. The van der Waals surface area contributed by atoms with Crippen molar-refractivity contribution in [3.05, 3.63) is 111 Å². The summed E-state index contributed by atoms with van der Waals surface area (Å²) in [5, 5.41) is 15.6. The van der Waals surface area contributed by atoms with Crippen molar-refractivity contribution in [3.8, 4) is 17.2 Å². The predicted octanol–water partition coefficient (Wildman–Crippen LogP) is 9.18. The SMILES string of the molecule is Cc1nc2c(F)c(-c3cccc(Cl)c3Cl)c(CCC#N)cc2c2c1cc([C@H]1C3=C[C@H](C[C@@H]3OCc3ccccc3)N1C(=O)C1CC1)n2[C@H]1[C@H]2CN[C@@H]1C2. The van der Waals surface area contributed by atoms with Gasteiger partial charge in [0.15, 0.2) is 5.82 Å². The Morgan fingerprint density at radius 1 is 1.09 bits per heavy atom. The van der Waals surface area contributed by atoms with Crippen molar-refractivity contribution < 1.29 is 13.9 Å². The molecule has 53 heavy (non-hydrogen) atoms. The number of aryl methyl sites for hydroxylation is 2. The Morgan fingerprint density at radius 2 is 1.92 bits per heavy atom. The molecule has 3 aliphatic carbocycles.